The summed E-state index contributed by atoms with van der Waals surface area (Å²) in [5.74, 6) is -0.266. The van der Waals surface area contributed by atoms with Crippen molar-refractivity contribution in [2.24, 2.45) is 0 Å². The first-order valence-corrected chi connectivity index (χ1v) is 11.5. The van der Waals surface area contributed by atoms with Gasteiger partial charge in [0.15, 0.2) is 0 Å². The number of fused-ring (bicyclic) bond motifs is 1. The number of hydrogen-bond donors (Lipinski definition) is 1. The first-order chi connectivity index (χ1) is 16.0. The van der Waals surface area contributed by atoms with Gasteiger partial charge in [0, 0.05) is 11.3 Å². The molecular formula is C26H24N2O4S. The first kappa shape index (κ1) is 22.6. The second-order valence-electron chi connectivity index (χ2n) is 7.73. The Balaban J connectivity index is 1.58. The molecule has 4 rings (SSSR count). The van der Waals surface area contributed by atoms with Crippen molar-refractivity contribution in [3.63, 3.8) is 0 Å². The lowest BCUT2D eigenvalue weighted by Gasteiger charge is -2.13. The minimum atomic E-state index is -0.488. The van der Waals surface area contributed by atoms with Crippen LogP contribution in [-0.2, 0) is 9.59 Å². The molecule has 6 nitrogen and oxygen atoms in total. The van der Waals surface area contributed by atoms with Gasteiger partial charge in [0.1, 0.15) is 12.3 Å². The van der Waals surface area contributed by atoms with Gasteiger partial charge in [-0.1, -0.05) is 55.0 Å². The van der Waals surface area contributed by atoms with E-state index in [1.165, 1.54) is 0 Å². The van der Waals surface area contributed by atoms with Crippen LogP contribution in [0.1, 0.15) is 24.5 Å². The van der Waals surface area contributed by atoms with Crippen molar-refractivity contribution in [1.29, 1.82) is 0 Å². The molecule has 1 heterocycles. The number of imide groups is 1. The molecule has 1 aliphatic rings. The van der Waals surface area contributed by atoms with E-state index in [0.29, 0.717) is 18.0 Å². The van der Waals surface area contributed by atoms with Gasteiger partial charge in [-0.25, -0.2) is 0 Å². The zero-order valence-corrected chi connectivity index (χ0v) is 19.3. The summed E-state index contributed by atoms with van der Waals surface area (Å²) in [5, 5.41) is 4.18. The molecule has 1 saturated heterocycles. The van der Waals surface area contributed by atoms with Gasteiger partial charge in [0.2, 0.25) is 5.91 Å². The van der Waals surface area contributed by atoms with Crippen LogP contribution in [0.4, 0.5) is 10.5 Å². The van der Waals surface area contributed by atoms with Crippen LogP contribution in [-0.4, -0.2) is 35.1 Å². The van der Waals surface area contributed by atoms with E-state index in [2.05, 4.69) is 5.32 Å². The second-order valence-corrected chi connectivity index (χ2v) is 8.72. The molecule has 7 heteroatoms. The molecule has 1 N–H and O–H groups in total. The van der Waals surface area contributed by atoms with E-state index in [1.807, 2.05) is 62.4 Å². The smallest absolute Gasteiger partial charge is 0.294 e. The van der Waals surface area contributed by atoms with E-state index >= 15 is 0 Å². The van der Waals surface area contributed by atoms with Crippen LogP contribution < -0.4 is 10.1 Å². The highest BCUT2D eigenvalue weighted by atomic mass is 32.2. The summed E-state index contributed by atoms with van der Waals surface area (Å²) in [7, 11) is 0. The van der Waals surface area contributed by atoms with Crippen molar-refractivity contribution in [2.45, 2.75) is 20.3 Å². The second kappa shape index (κ2) is 9.92. The van der Waals surface area contributed by atoms with E-state index in [1.54, 1.807) is 18.2 Å². The van der Waals surface area contributed by atoms with Crippen LogP contribution >= 0.6 is 11.8 Å². The highest BCUT2D eigenvalue weighted by molar-refractivity contribution is 8.18. The predicted octanol–water partition coefficient (Wildman–Crippen LogP) is 5.61. The number of carbonyl (C=O) groups excluding carboxylic acids is 3. The zero-order valence-electron chi connectivity index (χ0n) is 18.5. The van der Waals surface area contributed by atoms with Gasteiger partial charge in [-0.05, 0) is 60.2 Å². The number of carbonyl (C=O) groups is 3. The number of amides is 3. The van der Waals surface area contributed by atoms with Gasteiger partial charge in [-0.15, -0.1) is 0 Å². The summed E-state index contributed by atoms with van der Waals surface area (Å²) < 4.78 is 5.91. The molecule has 168 valence electrons. The molecule has 0 unspecified atom stereocenters. The van der Waals surface area contributed by atoms with Crippen LogP contribution in [0.25, 0.3) is 16.8 Å². The molecule has 3 aromatic carbocycles. The number of benzene rings is 3. The lowest BCUT2D eigenvalue weighted by Crippen LogP contribution is -2.36. The molecule has 33 heavy (non-hydrogen) atoms. The van der Waals surface area contributed by atoms with E-state index in [4.69, 9.17) is 4.74 Å². The Morgan fingerprint density at radius 3 is 2.58 bits per heavy atom. The number of nitrogens with zero attached hydrogens (tertiary/aromatic N) is 1. The number of ether oxygens (including phenoxy) is 1. The van der Waals surface area contributed by atoms with Gasteiger partial charge < -0.3 is 10.1 Å². The van der Waals surface area contributed by atoms with Gasteiger partial charge in [0.25, 0.3) is 11.1 Å². The molecule has 0 spiro atoms. The predicted molar refractivity (Wildman–Crippen MR) is 132 cm³/mol. The maximum Gasteiger partial charge on any atom is 0.294 e. The van der Waals surface area contributed by atoms with Crippen molar-refractivity contribution in [3.05, 3.63) is 76.7 Å². The summed E-state index contributed by atoms with van der Waals surface area (Å²) in [6.45, 7) is 4.17. The minimum absolute atomic E-state index is 0.265. The van der Waals surface area contributed by atoms with Crippen LogP contribution in [0.3, 0.4) is 0 Å². The molecule has 0 aliphatic carbocycles. The Morgan fingerprint density at radius 2 is 1.82 bits per heavy atom. The number of rotatable bonds is 7. The normalized spacial score (nSPS) is 14.8. The molecule has 0 bridgehead atoms. The van der Waals surface area contributed by atoms with Crippen molar-refractivity contribution in [3.8, 4) is 5.75 Å². The number of anilines is 1. The standard InChI is InChI=1S/C26H24N2O4S/c1-3-14-32-22-13-10-18-6-4-5-7-20(18)21(22)15-23-25(30)28(26(31)33-23)16-24(29)27-19-11-8-17(2)9-12-19/h4-13,15H,3,14,16H2,1-2H3,(H,27,29)/b23-15-. The summed E-state index contributed by atoms with van der Waals surface area (Å²) in [6.07, 6.45) is 2.54. The summed E-state index contributed by atoms with van der Waals surface area (Å²) in [4.78, 5) is 39.2. The quantitative estimate of drug-likeness (QED) is 0.464. The molecule has 0 saturated carbocycles. The Kier molecular flexibility index (Phi) is 6.79. The third-order valence-corrected chi connectivity index (χ3v) is 6.09. The number of nitrogens with one attached hydrogen (secondary N) is 1. The summed E-state index contributed by atoms with van der Waals surface area (Å²) in [5.41, 5.74) is 2.43. The third-order valence-electron chi connectivity index (χ3n) is 5.18. The summed E-state index contributed by atoms with van der Waals surface area (Å²) >= 11 is 0.831. The maximum absolute atomic E-state index is 13.0. The maximum atomic E-state index is 13.0. The van der Waals surface area contributed by atoms with Crippen molar-refractivity contribution in [2.75, 3.05) is 18.5 Å². The van der Waals surface area contributed by atoms with Crippen molar-refractivity contribution in [1.82, 2.24) is 4.90 Å². The fourth-order valence-electron chi connectivity index (χ4n) is 3.51. The van der Waals surface area contributed by atoms with Crippen LogP contribution in [0, 0.1) is 6.92 Å². The van der Waals surface area contributed by atoms with E-state index in [0.717, 1.165) is 45.0 Å². The lowest BCUT2D eigenvalue weighted by atomic mass is 10.0. The van der Waals surface area contributed by atoms with Crippen LogP contribution in [0.5, 0.6) is 5.75 Å². The largest absolute Gasteiger partial charge is 0.493 e. The molecule has 3 amide bonds. The van der Waals surface area contributed by atoms with E-state index < -0.39 is 17.1 Å². The lowest BCUT2D eigenvalue weighted by molar-refractivity contribution is -0.127. The number of hydrogen-bond acceptors (Lipinski definition) is 5. The third kappa shape index (κ3) is 5.09. The molecule has 1 fully saturated rings. The Bertz CT molecular complexity index is 1250. The number of thioether (sulfide) groups is 1. The summed E-state index contributed by atoms with van der Waals surface area (Å²) in [6, 6.07) is 19.0. The van der Waals surface area contributed by atoms with Gasteiger partial charge in [-0.2, -0.15) is 0 Å². The average molecular weight is 461 g/mol. The monoisotopic (exact) mass is 460 g/mol. The highest BCUT2D eigenvalue weighted by Gasteiger charge is 2.36. The fraction of sp³-hybridized carbons (Fsp3) is 0.192. The van der Waals surface area contributed by atoms with Crippen LogP contribution in [0.2, 0.25) is 0 Å². The highest BCUT2D eigenvalue weighted by Crippen LogP contribution is 2.36. The Morgan fingerprint density at radius 1 is 1.06 bits per heavy atom. The topological polar surface area (TPSA) is 75.7 Å². The molecule has 1 aliphatic heterocycles. The fourth-order valence-corrected chi connectivity index (χ4v) is 4.33. The van der Waals surface area contributed by atoms with Gasteiger partial charge >= 0.3 is 0 Å². The molecular weight excluding hydrogens is 436 g/mol. The molecule has 3 aromatic rings. The van der Waals surface area contributed by atoms with Gasteiger partial charge in [0.05, 0.1) is 11.5 Å². The number of aryl methyl sites for hydroxylation is 1. The van der Waals surface area contributed by atoms with Gasteiger partial charge in [-0.3, -0.25) is 19.3 Å². The van der Waals surface area contributed by atoms with E-state index in [9.17, 15) is 14.4 Å². The molecule has 0 radical (unpaired) electrons. The Hall–Kier alpha value is -3.58. The van der Waals surface area contributed by atoms with Crippen LogP contribution in [0.15, 0.2) is 65.6 Å². The zero-order chi connectivity index (χ0) is 23.4. The minimum Gasteiger partial charge on any atom is -0.493 e. The Labute approximate surface area is 196 Å². The molecule has 0 aromatic heterocycles. The van der Waals surface area contributed by atoms with Crippen molar-refractivity contribution >= 4 is 51.4 Å². The average Bonchev–Trinajstić information content (AvgIpc) is 3.07. The van der Waals surface area contributed by atoms with Crippen molar-refractivity contribution < 1.29 is 19.1 Å². The SMILES string of the molecule is CCCOc1ccc2ccccc2c1/C=C1\SC(=O)N(CC(=O)Nc2ccc(C)cc2)C1=O. The molecule has 0 atom stereocenters. The van der Waals surface area contributed by atoms with E-state index in [-0.39, 0.29) is 11.4 Å². The first-order valence-electron chi connectivity index (χ1n) is 10.7.